The third kappa shape index (κ3) is 3.39. The van der Waals surface area contributed by atoms with Crippen molar-refractivity contribution in [2.45, 2.75) is 13.5 Å². The molecule has 5 nitrogen and oxygen atoms in total. The van der Waals surface area contributed by atoms with Gasteiger partial charge in [0.05, 0.1) is 17.4 Å². The molecule has 0 unspecified atom stereocenters. The van der Waals surface area contributed by atoms with Crippen LogP contribution in [0.5, 0.6) is 0 Å². The number of carboxylic acids is 1. The first-order valence-electron chi connectivity index (χ1n) is 8.39. The number of hydrogen-bond acceptors (Lipinski definition) is 4. The van der Waals surface area contributed by atoms with Gasteiger partial charge < -0.3 is 9.67 Å². The van der Waals surface area contributed by atoms with E-state index in [-0.39, 0.29) is 11.1 Å². The Hall–Kier alpha value is -3.25. The number of thiophene rings is 1. The molecule has 4 aromatic rings. The largest absolute Gasteiger partial charge is 0.478 e. The highest BCUT2D eigenvalue weighted by atomic mass is 32.1. The van der Waals surface area contributed by atoms with E-state index in [1.54, 1.807) is 30.6 Å². The Kier molecular flexibility index (Phi) is 4.33. The third-order valence-electron chi connectivity index (χ3n) is 4.42. The highest BCUT2D eigenvalue weighted by Crippen LogP contribution is 2.32. The lowest BCUT2D eigenvalue weighted by Gasteiger charge is -2.07. The van der Waals surface area contributed by atoms with Crippen LogP contribution in [0.2, 0.25) is 0 Å². The second-order valence-electron chi connectivity index (χ2n) is 6.37. The molecule has 0 atom stereocenters. The quantitative estimate of drug-likeness (QED) is 0.580. The molecule has 2 heterocycles. The maximum Gasteiger partial charge on any atom is 0.335 e. The van der Waals surface area contributed by atoms with Crippen molar-refractivity contribution in [1.82, 2.24) is 9.55 Å². The Bertz CT molecular complexity index is 1190. The van der Waals surface area contributed by atoms with Gasteiger partial charge in [-0.15, -0.1) is 11.3 Å². The van der Waals surface area contributed by atoms with Crippen molar-refractivity contribution in [3.63, 3.8) is 0 Å². The van der Waals surface area contributed by atoms with Crippen LogP contribution < -0.4 is 5.56 Å². The van der Waals surface area contributed by atoms with Gasteiger partial charge >= 0.3 is 5.97 Å². The first kappa shape index (κ1) is 17.2. The summed E-state index contributed by atoms with van der Waals surface area (Å²) in [5.41, 5.74) is 4.03. The van der Waals surface area contributed by atoms with Gasteiger partial charge in [0.15, 0.2) is 0 Å². The van der Waals surface area contributed by atoms with E-state index in [0.29, 0.717) is 11.2 Å². The summed E-state index contributed by atoms with van der Waals surface area (Å²) in [4.78, 5) is 28.2. The molecule has 0 amide bonds. The Labute approximate surface area is 159 Å². The Balaban J connectivity index is 1.76. The number of carboxylic acid groups (broad SMARTS) is 1. The molecular weight excluding hydrogens is 360 g/mol. The second-order valence-corrected chi connectivity index (χ2v) is 7.42. The number of nitrogens with zero attached hydrogens (tertiary/aromatic N) is 2. The molecule has 2 aromatic heterocycles. The number of aryl methyl sites for hydroxylation is 1. The summed E-state index contributed by atoms with van der Waals surface area (Å²) in [5, 5.41) is 9.04. The van der Waals surface area contributed by atoms with Gasteiger partial charge in [0, 0.05) is 11.4 Å². The number of rotatable bonds is 4. The van der Waals surface area contributed by atoms with Gasteiger partial charge in [-0.05, 0) is 36.2 Å². The van der Waals surface area contributed by atoms with E-state index in [9.17, 15) is 9.59 Å². The lowest BCUT2D eigenvalue weighted by atomic mass is 10.1. The fraction of sp³-hybridized carbons (Fsp3) is 0.0952. The van der Waals surface area contributed by atoms with Crippen LogP contribution in [0.4, 0.5) is 0 Å². The van der Waals surface area contributed by atoms with Crippen LogP contribution in [0, 0.1) is 6.92 Å². The second kappa shape index (κ2) is 6.81. The van der Waals surface area contributed by atoms with Crippen molar-refractivity contribution < 1.29 is 9.90 Å². The maximum absolute atomic E-state index is 12.2. The number of aromatic carboxylic acids is 1. The van der Waals surface area contributed by atoms with Crippen LogP contribution in [0.25, 0.3) is 20.7 Å². The first-order chi connectivity index (χ1) is 13.0. The SMILES string of the molecule is Cc1ccc(Cn2cnc(=O)c3sc(-c4ccc(C(=O)O)cc4)cc32)cc1. The molecule has 0 fully saturated rings. The third-order valence-corrected chi connectivity index (χ3v) is 5.58. The van der Waals surface area contributed by atoms with Gasteiger partial charge in [0.25, 0.3) is 5.56 Å². The Morgan fingerprint density at radius 1 is 1.11 bits per heavy atom. The molecule has 0 spiro atoms. The van der Waals surface area contributed by atoms with Crippen LogP contribution in [-0.4, -0.2) is 20.6 Å². The van der Waals surface area contributed by atoms with Crippen LogP contribution in [0.15, 0.2) is 65.7 Å². The summed E-state index contributed by atoms with van der Waals surface area (Å²) >= 11 is 1.38. The van der Waals surface area contributed by atoms with Crippen LogP contribution >= 0.6 is 11.3 Å². The molecular formula is C21H16N2O3S. The molecule has 0 radical (unpaired) electrons. The Morgan fingerprint density at radius 3 is 2.48 bits per heavy atom. The average molecular weight is 376 g/mol. The fourth-order valence-electron chi connectivity index (χ4n) is 2.93. The summed E-state index contributed by atoms with van der Waals surface area (Å²) in [7, 11) is 0. The predicted molar refractivity (Wildman–Crippen MR) is 107 cm³/mol. The van der Waals surface area contributed by atoms with Gasteiger partial charge in [-0.3, -0.25) is 4.79 Å². The lowest BCUT2D eigenvalue weighted by Crippen LogP contribution is -2.11. The van der Waals surface area contributed by atoms with Crippen molar-refractivity contribution in [3.05, 3.63) is 88.0 Å². The van der Waals surface area contributed by atoms with Crippen molar-refractivity contribution in [1.29, 1.82) is 0 Å². The average Bonchev–Trinajstić information content (AvgIpc) is 3.12. The molecule has 0 aliphatic heterocycles. The zero-order chi connectivity index (χ0) is 19.0. The van der Waals surface area contributed by atoms with Crippen LogP contribution in [0.1, 0.15) is 21.5 Å². The van der Waals surface area contributed by atoms with Gasteiger partial charge in [-0.25, -0.2) is 4.79 Å². The zero-order valence-electron chi connectivity index (χ0n) is 14.5. The van der Waals surface area contributed by atoms with Crippen LogP contribution in [-0.2, 0) is 6.54 Å². The van der Waals surface area contributed by atoms with Gasteiger partial charge in [0.1, 0.15) is 4.70 Å². The molecule has 4 rings (SSSR count). The number of benzene rings is 2. The molecule has 0 aliphatic rings. The number of hydrogen-bond donors (Lipinski definition) is 1. The standard InChI is InChI=1S/C21H16N2O3S/c1-13-2-4-14(5-3-13)11-23-12-22-20(24)19-17(23)10-18(27-19)15-6-8-16(9-7-15)21(25)26/h2-10,12H,11H2,1H3,(H,25,26). The minimum atomic E-state index is -0.958. The van der Waals surface area contributed by atoms with E-state index >= 15 is 0 Å². The minimum Gasteiger partial charge on any atom is -0.478 e. The number of fused-ring (bicyclic) bond motifs is 1. The van der Waals surface area contributed by atoms with E-state index in [2.05, 4.69) is 29.2 Å². The van der Waals surface area contributed by atoms with Gasteiger partial charge in [-0.1, -0.05) is 42.0 Å². The molecule has 1 N–H and O–H groups in total. The normalized spacial score (nSPS) is 11.0. The molecule has 0 bridgehead atoms. The van der Waals surface area contributed by atoms with Crippen LogP contribution in [0.3, 0.4) is 0 Å². The molecule has 27 heavy (non-hydrogen) atoms. The fourth-order valence-corrected chi connectivity index (χ4v) is 3.99. The van der Waals surface area contributed by atoms with E-state index in [0.717, 1.165) is 21.5 Å². The molecule has 2 aromatic carbocycles. The molecule has 0 saturated carbocycles. The smallest absolute Gasteiger partial charge is 0.335 e. The van der Waals surface area contributed by atoms with E-state index in [1.807, 2.05) is 17.6 Å². The summed E-state index contributed by atoms with van der Waals surface area (Å²) in [6.07, 6.45) is 1.58. The number of carbonyl (C=O) groups is 1. The monoisotopic (exact) mass is 376 g/mol. The van der Waals surface area contributed by atoms with Crippen molar-refractivity contribution >= 4 is 27.5 Å². The highest BCUT2D eigenvalue weighted by molar-refractivity contribution is 7.22. The first-order valence-corrected chi connectivity index (χ1v) is 9.21. The molecule has 6 heteroatoms. The zero-order valence-corrected chi connectivity index (χ0v) is 15.4. The maximum atomic E-state index is 12.2. The molecule has 0 aliphatic carbocycles. The summed E-state index contributed by atoms with van der Waals surface area (Å²) in [5.74, 6) is -0.958. The van der Waals surface area contributed by atoms with Crippen molar-refractivity contribution in [2.75, 3.05) is 0 Å². The van der Waals surface area contributed by atoms with Crippen molar-refractivity contribution in [2.24, 2.45) is 0 Å². The summed E-state index contributed by atoms with van der Waals surface area (Å²) in [6.45, 7) is 2.67. The van der Waals surface area contributed by atoms with E-state index in [1.165, 1.54) is 16.9 Å². The van der Waals surface area contributed by atoms with E-state index in [4.69, 9.17) is 5.11 Å². The van der Waals surface area contributed by atoms with E-state index < -0.39 is 5.97 Å². The lowest BCUT2D eigenvalue weighted by molar-refractivity contribution is 0.0697. The highest BCUT2D eigenvalue weighted by Gasteiger charge is 2.12. The molecule has 134 valence electrons. The number of aromatic nitrogens is 2. The van der Waals surface area contributed by atoms with Gasteiger partial charge in [0.2, 0.25) is 0 Å². The predicted octanol–water partition coefficient (Wildman–Crippen LogP) is 4.18. The molecule has 0 saturated heterocycles. The van der Waals surface area contributed by atoms with Crippen molar-refractivity contribution in [3.8, 4) is 10.4 Å². The summed E-state index contributed by atoms with van der Waals surface area (Å²) in [6, 6.07) is 16.9. The topological polar surface area (TPSA) is 72.2 Å². The summed E-state index contributed by atoms with van der Waals surface area (Å²) < 4.78 is 2.56. The minimum absolute atomic E-state index is 0.237. The van der Waals surface area contributed by atoms with Gasteiger partial charge in [-0.2, -0.15) is 4.98 Å². The Morgan fingerprint density at radius 2 is 1.81 bits per heavy atom.